The van der Waals surface area contributed by atoms with Crippen LogP contribution in [0.5, 0.6) is 5.75 Å². The molecule has 144 valence electrons. The summed E-state index contributed by atoms with van der Waals surface area (Å²) in [6.07, 6.45) is 0. The van der Waals surface area contributed by atoms with Crippen LogP contribution >= 0.6 is 0 Å². The van der Waals surface area contributed by atoms with Crippen molar-refractivity contribution in [3.8, 4) is 5.75 Å². The first-order valence-corrected chi connectivity index (χ1v) is 9.90. The van der Waals surface area contributed by atoms with E-state index in [-0.39, 0.29) is 17.0 Å². The van der Waals surface area contributed by atoms with E-state index in [2.05, 4.69) is 0 Å². The number of ether oxygens (including phenoxy) is 1. The van der Waals surface area contributed by atoms with E-state index in [1.807, 2.05) is 0 Å². The first-order chi connectivity index (χ1) is 13.4. The van der Waals surface area contributed by atoms with E-state index in [4.69, 9.17) is 9.84 Å². The van der Waals surface area contributed by atoms with E-state index in [1.54, 1.807) is 66.7 Å². The lowest BCUT2D eigenvalue weighted by Gasteiger charge is -2.25. The van der Waals surface area contributed by atoms with E-state index >= 15 is 0 Å². The molecule has 0 spiro atoms. The van der Waals surface area contributed by atoms with Crippen molar-refractivity contribution < 1.29 is 23.1 Å². The molecule has 0 aliphatic rings. The molecule has 28 heavy (non-hydrogen) atoms. The Hall–Kier alpha value is -3.32. The number of carboxylic acid groups (broad SMARTS) is 1. The summed E-state index contributed by atoms with van der Waals surface area (Å²) in [4.78, 5) is 11.2. The Morgan fingerprint density at radius 1 is 0.929 bits per heavy atom. The maximum Gasteiger partial charge on any atom is 0.335 e. The predicted molar refractivity (Wildman–Crippen MR) is 106 cm³/mol. The van der Waals surface area contributed by atoms with Crippen LogP contribution in [0.2, 0.25) is 0 Å². The van der Waals surface area contributed by atoms with Crippen molar-refractivity contribution in [2.75, 3.05) is 11.4 Å². The smallest absolute Gasteiger partial charge is 0.335 e. The van der Waals surface area contributed by atoms with Crippen molar-refractivity contribution in [3.05, 3.63) is 90.0 Å². The first kappa shape index (κ1) is 19.4. The molecule has 3 aromatic rings. The fourth-order valence-electron chi connectivity index (χ4n) is 2.70. The van der Waals surface area contributed by atoms with Crippen molar-refractivity contribution >= 4 is 21.7 Å². The number of nitrogens with zero attached hydrogens (tertiary/aromatic N) is 1. The van der Waals surface area contributed by atoms with Gasteiger partial charge in [-0.2, -0.15) is 0 Å². The summed E-state index contributed by atoms with van der Waals surface area (Å²) in [6.45, 7) is 0.0590. The van der Waals surface area contributed by atoms with Gasteiger partial charge in [0.05, 0.1) is 29.8 Å². The molecule has 0 unspecified atom stereocenters. The molecule has 0 amide bonds. The highest BCUT2D eigenvalue weighted by atomic mass is 32.2. The molecule has 0 heterocycles. The highest BCUT2D eigenvalue weighted by Crippen LogP contribution is 2.27. The van der Waals surface area contributed by atoms with Crippen LogP contribution in [0, 0.1) is 0 Å². The Kier molecular flexibility index (Phi) is 5.65. The molecule has 6 nitrogen and oxygen atoms in total. The second kappa shape index (κ2) is 8.14. The van der Waals surface area contributed by atoms with Gasteiger partial charge < -0.3 is 9.84 Å². The van der Waals surface area contributed by atoms with Gasteiger partial charge in [-0.1, -0.05) is 30.3 Å². The largest absolute Gasteiger partial charge is 0.497 e. The van der Waals surface area contributed by atoms with E-state index in [0.29, 0.717) is 17.0 Å². The molecule has 0 saturated heterocycles. The summed E-state index contributed by atoms with van der Waals surface area (Å²) < 4.78 is 33.0. The summed E-state index contributed by atoms with van der Waals surface area (Å²) in [5, 5.41) is 9.04. The number of anilines is 1. The van der Waals surface area contributed by atoms with Crippen LogP contribution in [0.25, 0.3) is 0 Å². The van der Waals surface area contributed by atoms with Crippen molar-refractivity contribution in [1.82, 2.24) is 0 Å². The number of aromatic carboxylic acids is 1. The minimum absolute atomic E-state index is 0.0590. The first-order valence-electron chi connectivity index (χ1n) is 8.46. The quantitative estimate of drug-likeness (QED) is 0.656. The van der Waals surface area contributed by atoms with Crippen molar-refractivity contribution in [3.63, 3.8) is 0 Å². The maximum absolute atomic E-state index is 13.3. The topological polar surface area (TPSA) is 83.9 Å². The number of methoxy groups -OCH3 is 1. The molecule has 0 atom stereocenters. The summed E-state index contributed by atoms with van der Waals surface area (Å²) in [5.41, 5.74) is 1.29. The van der Waals surface area contributed by atoms with Gasteiger partial charge in [-0.25, -0.2) is 13.2 Å². The summed E-state index contributed by atoms with van der Waals surface area (Å²) in [6, 6.07) is 21.0. The number of carboxylic acids is 1. The van der Waals surface area contributed by atoms with Gasteiger partial charge in [0, 0.05) is 0 Å². The molecule has 0 bridgehead atoms. The van der Waals surface area contributed by atoms with Gasteiger partial charge in [-0.3, -0.25) is 4.31 Å². The van der Waals surface area contributed by atoms with Crippen LogP contribution in [-0.2, 0) is 16.6 Å². The highest BCUT2D eigenvalue weighted by Gasteiger charge is 2.25. The molecule has 0 saturated carbocycles. The fourth-order valence-corrected chi connectivity index (χ4v) is 4.18. The molecule has 1 N–H and O–H groups in total. The molecule has 3 rings (SSSR count). The van der Waals surface area contributed by atoms with Crippen LogP contribution in [0.15, 0.2) is 83.8 Å². The average molecular weight is 397 g/mol. The summed E-state index contributed by atoms with van der Waals surface area (Å²) in [5.74, 6) is -0.415. The van der Waals surface area contributed by atoms with Gasteiger partial charge in [0.15, 0.2) is 0 Å². The van der Waals surface area contributed by atoms with Crippen LogP contribution < -0.4 is 9.04 Å². The number of carbonyl (C=O) groups is 1. The van der Waals surface area contributed by atoms with Gasteiger partial charge in [0.25, 0.3) is 10.0 Å². The lowest BCUT2D eigenvalue weighted by Crippen LogP contribution is -2.30. The zero-order chi connectivity index (χ0) is 20.1. The lowest BCUT2D eigenvalue weighted by atomic mass is 10.1. The number of hydrogen-bond donors (Lipinski definition) is 1. The van der Waals surface area contributed by atoms with Gasteiger partial charge in [0.1, 0.15) is 5.75 Å². The zero-order valence-corrected chi connectivity index (χ0v) is 16.0. The Morgan fingerprint density at radius 3 is 2.07 bits per heavy atom. The van der Waals surface area contributed by atoms with E-state index in [9.17, 15) is 13.2 Å². The molecule has 0 aliphatic heterocycles. The third kappa shape index (κ3) is 4.15. The second-order valence-electron chi connectivity index (χ2n) is 6.02. The van der Waals surface area contributed by atoms with Gasteiger partial charge in [-0.05, 0) is 54.1 Å². The monoisotopic (exact) mass is 397 g/mol. The standard InChI is InChI=1S/C21H19NO5S/c1-27-19-13-11-18(12-14-19)22(28(25,26)20-5-3-2-4-6-20)15-16-7-9-17(10-8-16)21(23)24/h2-14H,15H2,1H3,(H,23,24). The second-order valence-corrected chi connectivity index (χ2v) is 7.89. The third-order valence-electron chi connectivity index (χ3n) is 4.22. The van der Waals surface area contributed by atoms with Crippen LogP contribution in [0.3, 0.4) is 0 Å². The maximum atomic E-state index is 13.3. The Labute approximate surface area is 163 Å². The molecule has 0 fully saturated rings. The molecular formula is C21H19NO5S. The SMILES string of the molecule is COc1ccc(N(Cc2ccc(C(=O)O)cc2)S(=O)(=O)c2ccccc2)cc1. The van der Waals surface area contributed by atoms with Crippen molar-refractivity contribution in [2.24, 2.45) is 0 Å². The highest BCUT2D eigenvalue weighted by molar-refractivity contribution is 7.92. The van der Waals surface area contributed by atoms with Gasteiger partial charge in [0.2, 0.25) is 0 Å². The van der Waals surface area contributed by atoms with Gasteiger partial charge >= 0.3 is 5.97 Å². The molecule has 0 radical (unpaired) electrons. The minimum atomic E-state index is -3.82. The lowest BCUT2D eigenvalue weighted by molar-refractivity contribution is 0.0697. The minimum Gasteiger partial charge on any atom is -0.497 e. The van der Waals surface area contributed by atoms with E-state index < -0.39 is 16.0 Å². The number of benzene rings is 3. The fraction of sp³-hybridized carbons (Fsp3) is 0.0952. The van der Waals surface area contributed by atoms with Crippen molar-refractivity contribution in [1.29, 1.82) is 0 Å². The average Bonchev–Trinajstić information content (AvgIpc) is 2.73. The molecule has 3 aromatic carbocycles. The summed E-state index contributed by atoms with van der Waals surface area (Å²) in [7, 11) is -2.28. The molecule has 7 heteroatoms. The van der Waals surface area contributed by atoms with Gasteiger partial charge in [-0.15, -0.1) is 0 Å². The number of hydrogen-bond acceptors (Lipinski definition) is 4. The number of sulfonamides is 1. The number of rotatable bonds is 7. The molecule has 0 aliphatic carbocycles. The normalized spacial score (nSPS) is 11.0. The van der Waals surface area contributed by atoms with E-state index in [0.717, 1.165) is 0 Å². The predicted octanol–water partition coefficient (Wildman–Crippen LogP) is 3.79. The summed E-state index contributed by atoms with van der Waals surface area (Å²) >= 11 is 0. The van der Waals surface area contributed by atoms with E-state index in [1.165, 1.54) is 23.5 Å². The Morgan fingerprint density at radius 2 is 1.54 bits per heavy atom. The van der Waals surface area contributed by atoms with Crippen LogP contribution in [0.1, 0.15) is 15.9 Å². The zero-order valence-electron chi connectivity index (χ0n) is 15.1. The Bertz CT molecular complexity index is 1050. The molecule has 0 aromatic heterocycles. The Balaban J connectivity index is 2.02. The van der Waals surface area contributed by atoms with Crippen molar-refractivity contribution in [2.45, 2.75) is 11.4 Å². The third-order valence-corrected chi connectivity index (χ3v) is 6.01. The van der Waals surface area contributed by atoms with Crippen LogP contribution in [-0.4, -0.2) is 26.6 Å². The van der Waals surface area contributed by atoms with Crippen LogP contribution in [0.4, 0.5) is 5.69 Å². The molecular weight excluding hydrogens is 378 g/mol.